The molecule has 7 nitrogen and oxygen atoms in total. The fourth-order valence-corrected chi connectivity index (χ4v) is 4.05. The van der Waals surface area contributed by atoms with Gasteiger partial charge in [0.25, 0.3) is 0 Å². The Morgan fingerprint density at radius 2 is 1.69 bits per heavy atom. The summed E-state index contributed by atoms with van der Waals surface area (Å²) in [5, 5.41) is 12.5. The molecule has 0 radical (unpaired) electrons. The molecule has 0 aromatic heterocycles. The van der Waals surface area contributed by atoms with Crippen LogP contribution in [-0.2, 0) is 32.1 Å². The molecular weight excluding hydrogens is 444 g/mol. The van der Waals surface area contributed by atoms with Gasteiger partial charge in [-0.3, -0.25) is 14.4 Å². The summed E-state index contributed by atoms with van der Waals surface area (Å²) in [7, 11) is 0. The molecule has 35 heavy (non-hydrogen) atoms. The van der Waals surface area contributed by atoms with E-state index in [2.05, 4.69) is 5.32 Å². The molecule has 186 valence electrons. The van der Waals surface area contributed by atoms with E-state index in [1.807, 2.05) is 72.8 Å². The minimum Gasteiger partial charge on any atom is -0.463 e. The lowest BCUT2D eigenvalue weighted by molar-refractivity contribution is -0.145. The van der Waals surface area contributed by atoms with Crippen molar-refractivity contribution in [2.75, 3.05) is 19.8 Å². The third kappa shape index (κ3) is 9.02. The van der Waals surface area contributed by atoms with Crippen molar-refractivity contribution in [1.29, 1.82) is 0 Å². The molecule has 3 rings (SSSR count). The van der Waals surface area contributed by atoms with Crippen molar-refractivity contribution in [3.05, 3.63) is 83.9 Å². The number of cyclic esters (lactones) is 1. The molecule has 1 heterocycles. The van der Waals surface area contributed by atoms with E-state index in [9.17, 15) is 19.5 Å². The summed E-state index contributed by atoms with van der Waals surface area (Å²) in [6.07, 6.45) is 5.43. The molecule has 2 aromatic rings. The number of amides is 2. The quantitative estimate of drug-likeness (QED) is 0.449. The second kappa shape index (κ2) is 14.1. The smallest absolute Gasteiger partial charge is 0.306 e. The van der Waals surface area contributed by atoms with Crippen molar-refractivity contribution >= 4 is 17.8 Å². The number of aliphatic hydroxyl groups is 1. The Hall–Kier alpha value is -3.45. The molecule has 7 heteroatoms. The topological polar surface area (TPSA) is 95.9 Å². The maximum absolute atomic E-state index is 13.3. The average molecular weight is 479 g/mol. The summed E-state index contributed by atoms with van der Waals surface area (Å²) in [6.45, 7) is 0.496. The van der Waals surface area contributed by atoms with Crippen LogP contribution in [0.2, 0.25) is 0 Å². The van der Waals surface area contributed by atoms with Crippen LogP contribution in [0.25, 0.3) is 0 Å². The largest absolute Gasteiger partial charge is 0.463 e. The normalized spacial score (nSPS) is 19.1. The van der Waals surface area contributed by atoms with Crippen molar-refractivity contribution < 1.29 is 24.2 Å². The Bertz CT molecular complexity index is 977. The average Bonchev–Trinajstić information content (AvgIpc) is 2.86. The lowest BCUT2D eigenvalue weighted by Gasteiger charge is -2.26. The molecule has 0 saturated heterocycles. The van der Waals surface area contributed by atoms with E-state index < -0.39 is 12.0 Å². The number of hydrogen-bond donors (Lipinski definition) is 2. The molecule has 1 aliphatic rings. The number of ether oxygens (including phenoxy) is 1. The Morgan fingerprint density at radius 1 is 1.00 bits per heavy atom. The van der Waals surface area contributed by atoms with Crippen molar-refractivity contribution in [3.8, 4) is 0 Å². The van der Waals surface area contributed by atoms with Crippen molar-refractivity contribution in [3.63, 3.8) is 0 Å². The molecule has 0 spiro atoms. The minimum atomic E-state index is -0.566. The van der Waals surface area contributed by atoms with E-state index in [1.54, 1.807) is 4.90 Å². The first-order valence-corrected chi connectivity index (χ1v) is 12.1. The number of carbonyl (C=O) groups is 3. The SMILES string of the molecule is O=C1CCC=CC[C@H](CC(=O)N(CCO)Cc2ccccc2)C(=O)N[C@@H](Cc2ccccc2)CO1. The Kier molecular flexibility index (Phi) is 10.5. The van der Waals surface area contributed by atoms with Crippen LogP contribution in [0.4, 0.5) is 0 Å². The number of nitrogens with zero attached hydrogens (tertiary/aromatic N) is 1. The highest BCUT2D eigenvalue weighted by atomic mass is 16.5. The number of nitrogens with one attached hydrogen (secondary N) is 1. The monoisotopic (exact) mass is 478 g/mol. The first-order valence-electron chi connectivity index (χ1n) is 12.1. The highest BCUT2D eigenvalue weighted by Gasteiger charge is 2.27. The molecule has 2 aromatic carbocycles. The van der Waals surface area contributed by atoms with Gasteiger partial charge in [-0.1, -0.05) is 72.8 Å². The lowest BCUT2D eigenvalue weighted by Crippen LogP contribution is -2.44. The van der Waals surface area contributed by atoms with Gasteiger partial charge in [0.05, 0.1) is 18.6 Å². The Morgan fingerprint density at radius 3 is 2.37 bits per heavy atom. The summed E-state index contributed by atoms with van der Waals surface area (Å²) < 4.78 is 5.41. The summed E-state index contributed by atoms with van der Waals surface area (Å²) in [5.74, 6) is -1.29. The van der Waals surface area contributed by atoms with E-state index in [0.717, 1.165) is 11.1 Å². The maximum atomic E-state index is 13.3. The van der Waals surface area contributed by atoms with Gasteiger partial charge in [-0.05, 0) is 30.4 Å². The summed E-state index contributed by atoms with van der Waals surface area (Å²) in [5.41, 5.74) is 1.98. The molecule has 2 N–H and O–H groups in total. The number of rotatable bonds is 8. The van der Waals surface area contributed by atoms with Gasteiger partial charge in [0.15, 0.2) is 0 Å². The first-order chi connectivity index (χ1) is 17.0. The molecule has 0 saturated carbocycles. The maximum Gasteiger partial charge on any atom is 0.306 e. The third-order valence-electron chi connectivity index (χ3n) is 5.95. The fraction of sp³-hybridized carbons (Fsp3) is 0.393. The van der Waals surface area contributed by atoms with Crippen LogP contribution >= 0.6 is 0 Å². The number of carbonyl (C=O) groups excluding carboxylic acids is 3. The van der Waals surface area contributed by atoms with Gasteiger partial charge in [0.2, 0.25) is 11.8 Å². The zero-order valence-electron chi connectivity index (χ0n) is 20.0. The summed E-state index contributed by atoms with van der Waals surface area (Å²) in [4.78, 5) is 40.1. The van der Waals surface area contributed by atoms with Crippen LogP contribution in [0.3, 0.4) is 0 Å². The number of esters is 1. The fourth-order valence-electron chi connectivity index (χ4n) is 4.05. The van der Waals surface area contributed by atoms with Crippen LogP contribution < -0.4 is 5.32 Å². The molecule has 0 unspecified atom stereocenters. The van der Waals surface area contributed by atoms with Gasteiger partial charge in [0, 0.05) is 25.9 Å². The molecule has 0 fully saturated rings. The third-order valence-corrected chi connectivity index (χ3v) is 5.95. The molecule has 0 bridgehead atoms. The molecular formula is C28H34N2O5. The zero-order valence-corrected chi connectivity index (χ0v) is 20.0. The van der Waals surface area contributed by atoms with Crippen LogP contribution in [0.15, 0.2) is 72.8 Å². The van der Waals surface area contributed by atoms with E-state index in [1.165, 1.54) is 0 Å². The predicted molar refractivity (Wildman–Crippen MR) is 133 cm³/mol. The predicted octanol–water partition coefficient (Wildman–Crippen LogP) is 3.02. The lowest BCUT2D eigenvalue weighted by atomic mass is 9.97. The highest BCUT2D eigenvalue weighted by molar-refractivity contribution is 5.86. The van der Waals surface area contributed by atoms with E-state index in [0.29, 0.717) is 25.8 Å². The Labute approximate surface area is 206 Å². The second-order valence-corrected chi connectivity index (χ2v) is 8.75. The van der Waals surface area contributed by atoms with Crippen molar-refractivity contribution in [2.45, 2.75) is 44.7 Å². The van der Waals surface area contributed by atoms with Gasteiger partial charge < -0.3 is 20.1 Å². The highest BCUT2D eigenvalue weighted by Crippen LogP contribution is 2.17. The van der Waals surface area contributed by atoms with E-state index in [-0.39, 0.29) is 50.4 Å². The number of benzene rings is 2. The molecule has 2 amide bonds. The van der Waals surface area contributed by atoms with E-state index in [4.69, 9.17) is 4.74 Å². The number of aliphatic hydroxyl groups excluding tert-OH is 1. The standard InChI is InChI=1S/C28H34N2O5/c31-17-16-30(20-23-12-6-2-7-13-23)26(32)19-24-14-8-3-9-15-27(33)35-21-25(29-28(24)34)18-22-10-4-1-5-11-22/h1-8,10-13,24-25,31H,9,14-21H2,(H,29,34)/t24-,25+/m1/s1. The Balaban J connectivity index is 1.73. The van der Waals surface area contributed by atoms with E-state index >= 15 is 0 Å². The molecule has 1 aliphatic heterocycles. The number of hydrogen-bond acceptors (Lipinski definition) is 5. The summed E-state index contributed by atoms with van der Waals surface area (Å²) in [6, 6.07) is 18.9. The molecule has 0 aliphatic carbocycles. The zero-order chi connectivity index (χ0) is 24.9. The van der Waals surface area contributed by atoms with Gasteiger partial charge in [-0.25, -0.2) is 0 Å². The van der Waals surface area contributed by atoms with Crippen molar-refractivity contribution in [1.82, 2.24) is 10.2 Å². The van der Waals surface area contributed by atoms with Crippen LogP contribution in [-0.4, -0.2) is 53.6 Å². The van der Waals surface area contributed by atoms with Crippen LogP contribution in [0, 0.1) is 5.92 Å². The van der Waals surface area contributed by atoms with Gasteiger partial charge in [-0.2, -0.15) is 0 Å². The molecule has 2 atom stereocenters. The summed E-state index contributed by atoms with van der Waals surface area (Å²) >= 11 is 0. The second-order valence-electron chi connectivity index (χ2n) is 8.75. The van der Waals surface area contributed by atoms with Crippen LogP contribution in [0.1, 0.15) is 36.8 Å². The van der Waals surface area contributed by atoms with Gasteiger partial charge >= 0.3 is 5.97 Å². The first kappa shape index (κ1) is 26.2. The van der Waals surface area contributed by atoms with Crippen LogP contribution in [0.5, 0.6) is 0 Å². The van der Waals surface area contributed by atoms with Crippen molar-refractivity contribution in [2.24, 2.45) is 5.92 Å². The minimum absolute atomic E-state index is 0.0286. The van der Waals surface area contributed by atoms with Gasteiger partial charge in [-0.15, -0.1) is 0 Å². The number of allylic oxidation sites excluding steroid dienone is 2. The van der Waals surface area contributed by atoms with Gasteiger partial charge in [0.1, 0.15) is 6.61 Å².